The summed E-state index contributed by atoms with van der Waals surface area (Å²) in [5, 5.41) is 4.53. The molecule has 1 aliphatic carbocycles. The highest BCUT2D eigenvalue weighted by Gasteiger charge is 2.35. The van der Waals surface area contributed by atoms with Crippen LogP contribution in [0.2, 0.25) is 0 Å². The van der Waals surface area contributed by atoms with E-state index in [1.54, 1.807) is 0 Å². The highest BCUT2D eigenvalue weighted by molar-refractivity contribution is 5.62. The predicted octanol–water partition coefficient (Wildman–Crippen LogP) is 2.16. The van der Waals surface area contributed by atoms with Crippen molar-refractivity contribution in [1.29, 1.82) is 0 Å². The number of aromatic nitrogens is 2. The molecule has 1 saturated carbocycles. The number of aryl methyl sites for hydroxylation is 1. The monoisotopic (exact) mass is 234 g/mol. The molecule has 1 unspecified atom stereocenters. The van der Waals surface area contributed by atoms with Gasteiger partial charge in [0.25, 0.3) is 0 Å². The minimum Gasteiger partial charge on any atom is -0.394 e. The Labute approximate surface area is 103 Å². The molecule has 2 heterocycles. The zero-order valence-electron chi connectivity index (χ0n) is 10.6. The zero-order chi connectivity index (χ0) is 11.8. The van der Waals surface area contributed by atoms with Crippen LogP contribution in [-0.4, -0.2) is 22.4 Å². The van der Waals surface area contributed by atoms with Crippen molar-refractivity contribution < 1.29 is 0 Å². The second-order valence-electron chi connectivity index (χ2n) is 5.53. The van der Waals surface area contributed by atoms with Gasteiger partial charge in [0, 0.05) is 25.8 Å². The second-order valence-corrected chi connectivity index (χ2v) is 5.53. The van der Waals surface area contributed by atoms with Gasteiger partial charge in [-0.3, -0.25) is 4.68 Å². The number of nitrogens with two attached hydrogens (primary N) is 1. The van der Waals surface area contributed by atoms with Gasteiger partial charge < -0.3 is 10.6 Å². The average molecular weight is 234 g/mol. The van der Waals surface area contributed by atoms with Gasteiger partial charge in [0.15, 0.2) is 5.82 Å². The Hall–Kier alpha value is -1.19. The van der Waals surface area contributed by atoms with Crippen LogP contribution in [0, 0.1) is 5.92 Å². The Kier molecular flexibility index (Phi) is 2.73. The van der Waals surface area contributed by atoms with Crippen molar-refractivity contribution in [3.8, 4) is 0 Å². The Morgan fingerprint density at radius 2 is 2.00 bits per heavy atom. The summed E-state index contributed by atoms with van der Waals surface area (Å²) < 4.78 is 1.83. The van der Waals surface area contributed by atoms with Gasteiger partial charge in [-0.25, -0.2) is 0 Å². The fraction of sp³-hybridized carbons (Fsp3) is 0.769. The summed E-state index contributed by atoms with van der Waals surface area (Å²) in [6.07, 6.45) is 10.1. The third kappa shape index (κ3) is 1.90. The lowest BCUT2D eigenvalue weighted by Crippen LogP contribution is -2.35. The minimum atomic E-state index is 0.690. The molecule has 4 nitrogen and oxygen atoms in total. The van der Waals surface area contributed by atoms with Gasteiger partial charge in [-0.15, -0.1) is 0 Å². The maximum absolute atomic E-state index is 6.06. The lowest BCUT2D eigenvalue weighted by atomic mass is 9.96. The van der Waals surface area contributed by atoms with Crippen LogP contribution in [0.25, 0.3) is 0 Å². The molecule has 4 heteroatoms. The van der Waals surface area contributed by atoms with E-state index in [1.807, 2.05) is 17.9 Å². The summed E-state index contributed by atoms with van der Waals surface area (Å²) in [5.74, 6) is 1.89. The van der Waals surface area contributed by atoms with Gasteiger partial charge in [-0.05, 0) is 31.6 Å². The summed E-state index contributed by atoms with van der Waals surface area (Å²) in [5.41, 5.74) is 6.89. The lowest BCUT2D eigenvalue weighted by Gasteiger charge is -2.29. The fourth-order valence-corrected chi connectivity index (χ4v) is 3.61. The van der Waals surface area contributed by atoms with Crippen LogP contribution in [0.1, 0.15) is 38.5 Å². The van der Waals surface area contributed by atoms with Gasteiger partial charge in [0.2, 0.25) is 0 Å². The summed E-state index contributed by atoms with van der Waals surface area (Å²) in [6.45, 7) is 1.13. The maximum atomic E-state index is 6.06. The van der Waals surface area contributed by atoms with Crippen molar-refractivity contribution in [2.24, 2.45) is 13.0 Å². The summed E-state index contributed by atoms with van der Waals surface area (Å²) in [6, 6.07) is 0.690. The van der Waals surface area contributed by atoms with Gasteiger partial charge in [0.1, 0.15) is 0 Å². The summed E-state index contributed by atoms with van der Waals surface area (Å²) in [4.78, 5) is 2.46. The van der Waals surface area contributed by atoms with Gasteiger partial charge >= 0.3 is 0 Å². The molecule has 0 bridgehead atoms. The van der Waals surface area contributed by atoms with E-state index in [-0.39, 0.29) is 0 Å². The van der Waals surface area contributed by atoms with Crippen molar-refractivity contribution in [3.63, 3.8) is 0 Å². The number of hydrogen-bond donors (Lipinski definition) is 1. The Morgan fingerprint density at radius 3 is 2.65 bits per heavy atom. The minimum absolute atomic E-state index is 0.690. The number of nitrogens with zero attached hydrogens (tertiary/aromatic N) is 3. The maximum Gasteiger partial charge on any atom is 0.174 e. The van der Waals surface area contributed by atoms with Crippen LogP contribution in [-0.2, 0) is 7.05 Å². The lowest BCUT2D eigenvalue weighted by molar-refractivity contribution is 0.429. The number of nitrogen functional groups attached to an aromatic ring is 1. The van der Waals surface area contributed by atoms with Gasteiger partial charge in [-0.2, -0.15) is 5.10 Å². The quantitative estimate of drug-likeness (QED) is 0.853. The first kappa shape index (κ1) is 10.9. The van der Waals surface area contributed by atoms with Crippen molar-refractivity contribution in [2.75, 3.05) is 17.2 Å². The van der Waals surface area contributed by atoms with E-state index in [2.05, 4.69) is 10.00 Å². The molecule has 1 atom stereocenters. The largest absolute Gasteiger partial charge is 0.394 e. The van der Waals surface area contributed by atoms with Crippen molar-refractivity contribution in [2.45, 2.75) is 44.6 Å². The summed E-state index contributed by atoms with van der Waals surface area (Å²) >= 11 is 0. The molecular formula is C13H22N4. The van der Waals surface area contributed by atoms with Gasteiger partial charge in [-0.1, -0.05) is 12.8 Å². The number of hydrogen-bond acceptors (Lipinski definition) is 3. The normalized spacial score (nSPS) is 25.9. The van der Waals surface area contributed by atoms with E-state index in [9.17, 15) is 0 Å². The first-order valence-electron chi connectivity index (χ1n) is 6.81. The molecule has 2 aliphatic rings. The zero-order valence-corrected chi connectivity index (χ0v) is 10.6. The fourth-order valence-electron chi connectivity index (χ4n) is 3.61. The predicted molar refractivity (Wildman–Crippen MR) is 69.9 cm³/mol. The number of anilines is 2. The van der Waals surface area contributed by atoms with E-state index >= 15 is 0 Å². The third-order valence-electron chi connectivity index (χ3n) is 4.35. The van der Waals surface area contributed by atoms with E-state index in [1.165, 1.54) is 38.5 Å². The van der Waals surface area contributed by atoms with Crippen molar-refractivity contribution in [1.82, 2.24) is 9.78 Å². The van der Waals surface area contributed by atoms with Crippen LogP contribution in [0.5, 0.6) is 0 Å². The molecule has 3 rings (SSSR count). The molecule has 1 aromatic rings. The van der Waals surface area contributed by atoms with Crippen LogP contribution in [0.4, 0.5) is 11.5 Å². The molecule has 2 N–H and O–H groups in total. The van der Waals surface area contributed by atoms with Crippen molar-refractivity contribution in [3.05, 3.63) is 6.20 Å². The van der Waals surface area contributed by atoms with Gasteiger partial charge in [0.05, 0.1) is 5.69 Å². The molecule has 0 amide bonds. The van der Waals surface area contributed by atoms with E-state index in [4.69, 9.17) is 5.73 Å². The topological polar surface area (TPSA) is 47.1 Å². The molecule has 2 fully saturated rings. The molecule has 1 aliphatic heterocycles. The van der Waals surface area contributed by atoms with E-state index in [0.717, 1.165) is 24.0 Å². The Morgan fingerprint density at radius 1 is 1.24 bits per heavy atom. The molecule has 94 valence electrons. The number of rotatable bonds is 2. The van der Waals surface area contributed by atoms with E-state index in [0.29, 0.717) is 6.04 Å². The van der Waals surface area contributed by atoms with Crippen LogP contribution >= 0.6 is 0 Å². The summed E-state index contributed by atoms with van der Waals surface area (Å²) in [7, 11) is 1.94. The average Bonchev–Trinajstić information content (AvgIpc) is 2.97. The smallest absolute Gasteiger partial charge is 0.174 e. The standard InChI is InChI=1S/C13H22N4/c1-16-9-11(14)13(15-16)17-8-4-7-12(17)10-5-2-3-6-10/h9-10,12H,2-8,14H2,1H3. The van der Waals surface area contributed by atoms with E-state index < -0.39 is 0 Å². The first-order chi connectivity index (χ1) is 8.25. The molecule has 0 aromatic carbocycles. The molecule has 17 heavy (non-hydrogen) atoms. The van der Waals surface area contributed by atoms with Crippen molar-refractivity contribution >= 4 is 11.5 Å². The molecule has 1 saturated heterocycles. The Bertz CT molecular complexity index is 392. The molecule has 0 radical (unpaired) electrons. The molecule has 1 aromatic heterocycles. The SMILES string of the molecule is Cn1cc(N)c(N2CCCC2C2CCCC2)n1. The molecule has 0 spiro atoms. The van der Waals surface area contributed by atoms with Crippen LogP contribution < -0.4 is 10.6 Å². The highest BCUT2D eigenvalue weighted by Crippen LogP contribution is 2.38. The third-order valence-corrected chi connectivity index (χ3v) is 4.35. The molecular weight excluding hydrogens is 212 g/mol. The van der Waals surface area contributed by atoms with Crippen LogP contribution in [0.3, 0.4) is 0 Å². The first-order valence-corrected chi connectivity index (χ1v) is 6.81. The highest BCUT2D eigenvalue weighted by atomic mass is 15.4. The van der Waals surface area contributed by atoms with Crippen LogP contribution in [0.15, 0.2) is 6.20 Å². The Balaban J connectivity index is 1.83. The second kappa shape index (κ2) is 4.24.